The first-order valence-corrected chi connectivity index (χ1v) is 13.9. The molecule has 194 valence electrons. The van der Waals surface area contributed by atoms with Gasteiger partial charge in [0.1, 0.15) is 11.6 Å². The third-order valence-electron chi connectivity index (χ3n) is 6.78. The minimum absolute atomic E-state index is 0.102. The maximum absolute atomic E-state index is 13.3. The minimum atomic E-state index is -0.242. The van der Waals surface area contributed by atoms with Gasteiger partial charge in [0, 0.05) is 42.2 Å². The predicted octanol–water partition coefficient (Wildman–Crippen LogP) is 6.59. The number of hydrogen-bond acceptors (Lipinski definition) is 5. The summed E-state index contributed by atoms with van der Waals surface area (Å²) < 4.78 is 0. The van der Waals surface area contributed by atoms with Crippen molar-refractivity contribution in [3.05, 3.63) is 138 Å². The van der Waals surface area contributed by atoms with Crippen molar-refractivity contribution >= 4 is 23.4 Å². The largest absolute Gasteiger partial charge is 0.359 e. The van der Waals surface area contributed by atoms with Crippen molar-refractivity contribution in [3.8, 4) is 6.07 Å². The third kappa shape index (κ3) is 6.58. The summed E-state index contributed by atoms with van der Waals surface area (Å²) in [7, 11) is 0. The van der Waals surface area contributed by atoms with Crippen molar-refractivity contribution in [2.45, 2.75) is 15.8 Å². The zero-order valence-corrected chi connectivity index (χ0v) is 22.4. The van der Waals surface area contributed by atoms with E-state index >= 15 is 0 Å². The molecule has 0 aromatic heterocycles. The summed E-state index contributed by atoms with van der Waals surface area (Å²) in [6, 6.07) is 41.2. The van der Waals surface area contributed by atoms with E-state index in [1.165, 1.54) is 17.3 Å². The molecule has 5 nitrogen and oxygen atoms in total. The summed E-state index contributed by atoms with van der Waals surface area (Å²) in [6.45, 7) is 2.58. The second-order valence-electron chi connectivity index (χ2n) is 9.28. The second kappa shape index (κ2) is 13.0. The van der Waals surface area contributed by atoms with Gasteiger partial charge in [0.2, 0.25) is 0 Å². The number of piperazine rings is 1. The van der Waals surface area contributed by atoms with Gasteiger partial charge in [0.25, 0.3) is 5.91 Å². The Balaban J connectivity index is 1.26. The number of para-hydroxylation sites is 1. The standard InChI is InChI=1S/C33H30N4OS/c34-24-28(25-35-30-18-10-11-19-31(30)39-29-16-8-3-9-17-29)33(38)37-22-20-36(21-23-37)32(26-12-4-1-5-13-26)27-14-6-2-7-15-27/h1-19,25,32,35H,20-23H2/b28-25-. The van der Waals surface area contributed by atoms with Crippen LogP contribution in [0.25, 0.3) is 0 Å². The zero-order valence-electron chi connectivity index (χ0n) is 21.6. The average Bonchev–Trinajstić information content (AvgIpc) is 3.00. The lowest BCUT2D eigenvalue weighted by atomic mass is 9.96. The Morgan fingerprint density at radius 2 is 1.31 bits per heavy atom. The van der Waals surface area contributed by atoms with E-state index in [1.807, 2.05) is 54.6 Å². The molecule has 1 heterocycles. The number of hydrogen-bond donors (Lipinski definition) is 1. The van der Waals surface area contributed by atoms with Crippen molar-refractivity contribution in [3.63, 3.8) is 0 Å². The van der Waals surface area contributed by atoms with Crippen LogP contribution < -0.4 is 5.32 Å². The number of rotatable bonds is 8. The molecule has 1 aliphatic heterocycles. The van der Waals surface area contributed by atoms with Crippen LogP contribution >= 0.6 is 11.8 Å². The molecule has 39 heavy (non-hydrogen) atoms. The average molecular weight is 531 g/mol. The Hall–Kier alpha value is -4.31. The van der Waals surface area contributed by atoms with Crippen LogP contribution in [0, 0.1) is 11.3 Å². The molecule has 0 aliphatic carbocycles. The highest BCUT2D eigenvalue weighted by atomic mass is 32.2. The number of anilines is 1. The van der Waals surface area contributed by atoms with Gasteiger partial charge in [0.15, 0.2) is 0 Å². The molecule has 0 spiro atoms. The molecule has 0 saturated carbocycles. The molecule has 0 radical (unpaired) electrons. The normalized spacial score (nSPS) is 14.2. The summed E-state index contributed by atoms with van der Waals surface area (Å²) in [5.74, 6) is -0.242. The SMILES string of the molecule is N#C/C(=C/Nc1ccccc1Sc1ccccc1)C(=O)N1CCN(C(c2ccccc2)c2ccccc2)CC1. The number of nitrogens with one attached hydrogen (secondary N) is 1. The van der Waals surface area contributed by atoms with Crippen LogP contribution in [0.1, 0.15) is 17.2 Å². The topological polar surface area (TPSA) is 59.4 Å². The first-order chi connectivity index (χ1) is 19.2. The molecule has 1 aliphatic rings. The lowest BCUT2D eigenvalue weighted by molar-refractivity contribution is -0.128. The lowest BCUT2D eigenvalue weighted by Gasteiger charge is -2.39. The van der Waals surface area contributed by atoms with Gasteiger partial charge in [-0.15, -0.1) is 0 Å². The van der Waals surface area contributed by atoms with Gasteiger partial charge in [0.05, 0.1) is 11.7 Å². The number of benzene rings is 4. The molecule has 1 N–H and O–H groups in total. The highest BCUT2D eigenvalue weighted by Crippen LogP contribution is 2.33. The fraction of sp³-hybridized carbons (Fsp3) is 0.152. The van der Waals surface area contributed by atoms with Gasteiger partial charge in [-0.25, -0.2) is 0 Å². The van der Waals surface area contributed by atoms with Gasteiger partial charge in [-0.3, -0.25) is 9.69 Å². The fourth-order valence-corrected chi connectivity index (χ4v) is 5.75. The van der Waals surface area contributed by atoms with E-state index in [2.05, 4.69) is 76.9 Å². The van der Waals surface area contributed by atoms with Crippen LogP contribution in [0.3, 0.4) is 0 Å². The lowest BCUT2D eigenvalue weighted by Crippen LogP contribution is -2.50. The van der Waals surface area contributed by atoms with Crippen molar-refractivity contribution < 1.29 is 4.79 Å². The van der Waals surface area contributed by atoms with E-state index in [9.17, 15) is 10.1 Å². The number of carbonyl (C=O) groups excluding carboxylic acids is 1. The fourth-order valence-electron chi connectivity index (χ4n) is 4.82. The summed E-state index contributed by atoms with van der Waals surface area (Å²) in [5, 5.41) is 13.0. The molecular weight excluding hydrogens is 500 g/mol. The molecule has 1 fully saturated rings. The summed E-state index contributed by atoms with van der Waals surface area (Å²) in [5.41, 5.74) is 3.42. The van der Waals surface area contributed by atoms with Gasteiger partial charge in [-0.1, -0.05) is 103 Å². The van der Waals surface area contributed by atoms with E-state index in [1.54, 1.807) is 16.7 Å². The molecule has 1 saturated heterocycles. The molecular formula is C33H30N4OS. The molecule has 0 atom stereocenters. The van der Waals surface area contributed by atoms with Crippen molar-refractivity contribution in [1.29, 1.82) is 5.26 Å². The van der Waals surface area contributed by atoms with Gasteiger partial charge in [-0.05, 0) is 35.4 Å². The van der Waals surface area contributed by atoms with Gasteiger partial charge in [-0.2, -0.15) is 5.26 Å². The van der Waals surface area contributed by atoms with Crippen LogP contribution in [-0.2, 0) is 4.79 Å². The van der Waals surface area contributed by atoms with Crippen molar-refractivity contribution in [2.75, 3.05) is 31.5 Å². The minimum Gasteiger partial charge on any atom is -0.359 e. The van der Waals surface area contributed by atoms with Crippen molar-refractivity contribution in [1.82, 2.24) is 9.80 Å². The Morgan fingerprint density at radius 3 is 1.90 bits per heavy atom. The Morgan fingerprint density at radius 1 is 0.769 bits per heavy atom. The van der Waals surface area contributed by atoms with Crippen LogP contribution in [0.4, 0.5) is 5.69 Å². The molecule has 4 aromatic rings. The Kier molecular flexibility index (Phi) is 8.75. The summed E-state index contributed by atoms with van der Waals surface area (Å²) in [6.07, 6.45) is 1.54. The Labute approximate surface area is 234 Å². The predicted molar refractivity (Wildman–Crippen MR) is 157 cm³/mol. The Bertz CT molecular complexity index is 1400. The van der Waals surface area contributed by atoms with Crippen LogP contribution in [0.5, 0.6) is 0 Å². The second-order valence-corrected chi connectivity index (χ2v) is 10.4. The molecule has 0 unspecified atom stereocenters. The van der Waals surface area contributed by atoms with Gasteiger partial charge < -0.3 is 10.2 Å². The highest BCUT2D eigenvalue weighted by molar-refractivity contribution is 7.99. The first-order valence-electron chi connectivity index (χ1n) is 13.0. The molecule has 6 heteroatoms. The highest BCUT2D eigenvalue weighted by Gasteiger charge is 2.29. The molecule has 5 rings (SSSR count). The van der Waals surface area contributed by atoms with E-state index in [0.29, 0.717) is 13.1 Å². The van der Waals surface area contributed by atoms with E-state index in [0.717, 1.165) is 28.6 Å². The quantitative estimate of drug-likeness (QED) is 0.206. The van der Waals surface area contributed by atoms with Crippen LogP contribution in [-0.4, -0.2) is 41.9 Å². The third-order valence-corrected chi connectivity index (χ3v) is 7.86. The smallest absolute Gasteiger partial charge is 0.266 e. The number of carbonyl (C=O) groups is 1. The molecule has 1 amide bonds. The maximum atomic E-state index is 13.3. The summed E-state index contributed by atoms with van der Waals surface area (Å²) >= 11 is 1.63. The summed E-state index contributed by atoms with van der Waals surface area (Å²) in [4.78, 5) is 19.7. The monoisotopic (exact) mass is 530 g/mol. The number of nitriles is 1. The zero-order chi connectivity index (χ0) is 26.9. The van der Waals surface area contributed by atoms with Crippen molar-refractivity contribution in [2.24, 2.45) is 0 Å². The van der Waals surface area contributed by atoms with E-state index in [4.69, 9.17) is 0 Å². The maximum Gasteiger partial charge on any atom is 0.266 e. The number of nitrogens with zero attached hydrogens (tertiary/aromatic N) is 3. The first kappa shape index (κ1) is 26.3. The van der Waals surface area contributed by atoms with E-state index in [-0.39, 0.29) is 17.5 Å². The van der Waals surface area contributed by atoms with Crippen LogP contribution in [0.15, 0.2) is 137 Å². The molecule has 0 bridgehead atoms. The molecule has 4 aromatic carbocycles. The van der Waals surface area contributed by atoms with Crippen LogP contribution in [0.2, 0.25) is 0 Å². The number of amides is 1. The van der Waals surface area contributed by atoms with Gasteiger partial charge >= 0.3 is 0 Å². The van der Waals surface area contributed by atoms with E-state index < -0.39 is 0 Å².